The van der Waals surface area contributed by atoms with E-state index in [0.29, 0.717) is 0 Å². The molecule has 0 saturated carbocycles. The Morgan fingerprint density at radius 3 is 2.54 bits per heavy atom. The smallest absolute Gasteiger partial charge is 0.242 e. The number of aryl methyl sites for hydroxylation is 1. The maximum Gasteiger partial charge on any atom is 0.242 e. The molecule has 1 aromatic carbocycles. The Balaban J connectivity index is 1.78. The molecular weight excluding hydrogens is 326 g/mol. The van der Waals surface area contributed by atoms with Crippen molar-refractivity contribution < 1.29 is 4.79 Å². The third-order valence-electron chi connectivity index (χ3n) is 4.19. The summed E-state index contributed by atoms with van der Waals surface area (Å²) in [4.78, 5) is 16.8. The zero-order valence-electron chi connectivity index (χ0n) is 15.3. The Bertz CT molecular complexity index is 855. The van der Waals surface area contributed by atoms with Crippen LogP contribution in [0.5, 0.6) is 0 Å². The molecular formula is C20H23N5O. The number of hydrogen-bond donors (Lipinski definition) is 1. The summed E-state index contributed by atoms with van der Waals surface area (Å²) in [6, 6.07) is 11.7. The van der Waals surface area contributed by atoms with E-state index in [1.54, 1.807) is 17.1 Å². The minimum absolute atomic E-state index is 0.125. The summed E-state index contributed by atoms with van der Waals surface area (Å²) in [5, 5.41) is 11.2. The lowest BCUT2D eigenvalue weighted by Crippen LogP contribution is -2.32. The number of benzene rings is 1. The molecule has 0 spiro atoms. The van der Waals surface area contributed by atoms with Gasteiger partial charge in [-0.25, -0.2) is 4.68 Å². The SMILES string of the molecule is Cc1ccc(C(NC(=O)Cn2cc(C(C)C)nn2)c2cccnc2)cc1. The topological polar surface area (TPSA) is 72.7 Å². The van der Waals surface area contributed by atoms with Crippen LogP contribution in [0, 0.1) is 6.92 Å². The number of nitrogens with zero attached hydrogens (tertiary/aromatic N) is 4. The number of carbonyl (C=O) groups excluding carboxylic acids is 1. The summed E-state index contributed by atoms with van der Waals surface area (Å²) in [6.07, 6.45) is 5.31. The standard InChI is InChI=1S/C20H23N5O/c1-14(2)18-12-25(24-23-18)13-19(26)22-20(17-5-4-10-21-11-17)16-8-6-15(3)7-9-16/h4-12,14,20H,13H2,1-3H3,(H,22,26). The van der Waals surface area contributed by atoms with E-state index in [4.69, 9.17) is 0 Å². The highest BCUT2D eigenvalue weighted by Crippen LogP contribution is 2.22. The first-order chi connectivity index (χ1) is 12.5. The molecule has 3 rings (SSSR count). The average Bonchev–Trinajstić information content (AvgIpc) is 3.10. The van der Waals surface area contributed by atoms with Crippen LogP contribution in [-0.2, 0) is 11.3 Å². The van der Waals surface area contributed by atoms with Gasteiger partial charge in [0.2, 0.25) is 5.91 Å². The van der Waals surface area contributed by atoms with Crippen LogP contribution < -0.4 is 5.32 Å². The molecule has 2 heterocycles. The normalized spacial score (nSPS) is 12.2. The lowest BCUT2D eigenvalue weighted by Gasteiger charge is -2.19. The summed E-state index contributed by atoms with van der Waals surface area (Å²) in [6.45, 7) is 6.26. The Kier molecular flexibility index (Phi) is 5.41. The van der Waals surface area contributed by atoms with Crippen molar-refractivity contribution >= 4 is 5.91 Å². The number of carbonyl (C=O) groups is 1. The molecule has 0 radical (unpaired) electrons. The van der Waals surface area contributed by atoms with Crippen molar-refractivity contribution in [3.8, 4) is 0 Å². The predicted octanol–water partition coefficient (Wildman–Crippen LogP) is 3.01. The van der Waals surface area contributed by atoms with Gasteiger partial charge >= 0.3 is 0 Å². The van der Waals surface area contributed by atoms with Crippen LogP contribution in [0.3, 0.4) is 0 Å². The maximum absolute atomic E-state index is 12.6. The van der Waals surface area contributed by atoms with Crippen molar-refractivity contribution in [3.63, 3.8) is 0 Å². The van der Waals surface area contributed by atoms with Crippen LogP contribution in [0.25, 0.3) is 0 Å². The van der Waals surface area contributed by atoms with Crippen molar-refractivity contribution in [2.24, 2.45) is 0 Å². The van der Waals surface area contributed by atoms with Crippen molar-refractivity contribution in [2.45, 2.75) is 39.3 Å². The quantitative estimate of drug-likeness (QED) is 0.742. The highest BCUT2D eigenvalue weighted by Gasteiger charge is 2.18. The monoisotopic (exact) mass is 349 g/mol. The molecule has 26 heavy (non-hydrogen) atoms. The second kappa shape index (κ2) is 7.91. The fourth-order valence-electron chi connectivity index (χ4n) is 2.67. The minimum atomic E-state index is -0.259. The number of hydrogen-bond acceptors (Lipinski definition) is 4. The summed E-state index contributed by atoms with van der Waals surface area (Å²) < 4.78 is 1.57. The van der Waals surface area contributed by atoms with Crippen molar-refractivity contribution in [2.75, 3.05) is 0 Å². The number of aromatic nitrogens is 4. The largest absolute Gasteiger partial charge is 0.344 e. The van der Waals surface area contributed by atoms with Crippen LogP contribution in [0.2, 0.25) is 0 Å². The molecule has 0 fully saturated rings. The molecule has 0 aliphatic heterocycles. The zero-order chi connectivity index (χ0) is 18.5. The molecule has 1 unspecified atom stereocenters. The lowest BCUT2D eigenvalue weighted by molar-refractivity contribution is -0.122. The van der Waals surface area contributed by atoms with Crippen molar-refractivity contribution in [1.82, 2.24) is 25.3 Å². The third kappa shape index (κ3) is 4.33. The molecule has 1 atom stereocenters. The molecule has 1 amide bonds. The van der Waals surface area contributed by atoms with Crippen molar-refractivity contribution in [1.29, 1.82) is 0 Å². The first-order valence-corrected chi connectivity index (χ1v) is 8.69. The van der Waals surface area contributed by atoms with Gasteiger partial charge in [0.05, 0.1) is 11.7 Å². The van der Waals surface area contributed by atoms with Gasteiger partial charge in [0, 0.05) is 18.6 Å². The molecule has 0 aliphatic carbocycles. The zero-order valence-corrected chi connectivity index (χ0v) is 15.3. The van der Waals surface area contributed by atoms with Gasteiger partial charge in [0.1, 0.15) is 6.54 Å². The molecule has 3 aromatic rings. The van der Waals surface area contributed by atoms with Gasteiger partial charge in [0.25, 0.3) is 0 Å². The van der Waals surface area contributed by atoms with Gasteiger partial charge in [-0.3, -0.25) is 9.78 Å². The van der Waals surface area contributed by atoms with Gasteiger partial charge in [-0.1, -0.05) is 55.0 Å². The van der Waals surface area contributed by atoms with Crippen LogP contribution in [-0.4, -0.2) is 25.9 Å². The van der Waals surface area contributed by atoms with E-state index in [0.717, 1.165) is 16.8 Å². The van der Waals surface area contributed by atoms with Crippen molar-refractivity contribution in [3.05, 3.63) is 77.4 Å². The molecule has 1 N–H and O–H groups in total. The first kappa shape index (κ1) is 17.8. The molecule has 6 nitrogen and oxygen atoms in total. The summed E-state index contributed by atoms with van der Waals surface area (Å²) >= 11 is 0. The van der Waals surface area contributed by atoms with E-state index in [1.807, 2.05) is 63.4 Å². The molecule has 0 aliphatic rings. The Hall–Kier alpha value is -3.02. The molecule has 0 bridgehead atoms. The first-order valence-electron chi connectivity index (χ1n) is 8.69. The Morgan fingerprint density at radius 2 is 1.92 bits per heavy atom. The fraction of sp³-hybridized carbons (Fsp3) is 0.300. The summed E-state index contributed by atoms with van der Waals surface area (Å²) in [7, 11) is 0. The fourth-order valence-corrected chi connectivity index (χ4v) is 2.67. The summed E-state index contributed by atoms with van der Waals surface area (Å²) in [5.74, 6) is 0.155. The lowest BCUT2D eigenvalue weighted by atomic mass is 9.99. The highest BCUT2D eigenvalue weighted by molar-refractivity contribution is 5.76. The van der Waals surface area contributed by atoms with Gasteiger partial charge in [-0.15, -0.1) is 5.10 Å². The van der Waals surface area contributed by atoms with E-state index in [2.05, 4.69) is 20.6 Å². The van der Waals surface area contributed by atoms with E-state index in [-0.39, 0.29) is 24.4 Å². The third-order valence-corrected chi connectivity index (χ3v) is 4.19. The molecule has 6 heteroatoms. The van der Waals surface area contributed by atoms with Crippen LogP contribution >= 0.6 is 0 Å². The minimum Gasteiger partial charge on any atom is -0.344 e. The van der Waals surface area contributed by atoms with Gasteiger partial charge < -0.3 is 5.32 Å². The van der Waals surface area contributed by atoms with Crippen LogP contribution in [0.15, 0.2) is 55.0 Å². The van der Waals surface area contributed by atoms with E-state index in [1.165, 1.54) is 5.56 Å². The maximum atomic E-state index is 12.6. The van der Waals surface area contributed by atoms with Crippen LogP contribution in [0.1, 0.15) is 48.2 Å². The molecule has 134 valence electrons. The van der Waals surface area contributed by atoms with E-state index >= 15 is 0 Å². The van der Waals surface area contributed by atoms with Gasteiger partial charge in [-0.05, 0) is 30.0 Å². The Morgan fingerprint density at radius 1 is 1.15 bits per heavy atom. The number of amides is 1. The van der Waals surface area contributed by atoms with Crippen LogP contribution in [0.4, 0.5) is 0 Å². The highest BCUT2D eigenvalue weighted by atomic mass is 16.2. The number of pyridine rings is 1. The molecule has 0 saturated heterocycles. The second-order valence-corrected chi connectivity index (χ2v) is 6.69. The molecule has 2 aromatic heterocycles. The van der Waals surface area contributed by atoms with Gasteiger partial charge in [-0.2, -0.15) is 0 Å². The predicted molar refractivity (Wildman–Crippen MR) is 99.5 cm³/mol. The van der Waals surface area contributed by atoms with Gasteiger partial charge in [0.15, 0.2) is 0 Å². The number of rotatable bonds is 6. The number of nitrogens with one attached hydrogen (secondary N) is 1. The average molecular weight is 349 g/mol. The summed E-state index contributed by atoms with van der Waals surface area (Å²) in [5.41, 5.74) is 4.00. The van der Waals surface area contributed by atoms with E-state index < -0.39 is 0 Å². The van der Waals surface area contributed by atoms with E-state index in [9.17, 15) is 4.79 Å². The second-order valence-electron chi connectivity index (χ2n) is 6.69. The Labute approximate surface area is 153 Å².